The van der Waals surface area contributed by atoms with E-state index in [1.165, 1.54) is 11.1 Å². The van der Waals surface area contributed by atoms with E-state index in [-0.39, 0.29) is 0 Å². The number of pyridine rings is 1. The number of fused-ring (bicyclic) bond motifs is 1. The fraction of sp³-hybridized carbons (Fsp3) is 0.312. The Morgan fingerprint density at radius 2 is 1.95 bits per heavy atom. The molecule has 0 radical (unpaired) electrons. The van der Waals surface area contributed by atoms with E-state index in [1.807, 2.05) is 24.4 Å². The lowest BCUT2D eigenvalue weighted by molar-refractivity contribution is 0.171. The lowest BCUT2D eigenvalue weighted by atomic mass is 10.1. The van der Waals surface area contributed by atoms with Gasteiger partial charge in [0, 0.05) is 12.7 Å². The van der Waals surface area contributed by atoms with Crippen LogP contribution in [0, 0.1) is 6.92 Å². The summed E-state index contributed by atoms with van der Waals surface area (Å²) in [4.78, 5) is 4.29. The first-order valence-corrected chi connectivity index (χ1v) is 6.86. The van der Waals surface area contributed by atoms with E-state index in [2.05, 4.69) is 29.4 Å². The van der Waals surface area contributed by atoms with Crippen molar-refractivity contribution in [1.29, 1.82) is 0 Å². The molecule has 0 saturated heterocycles. The molecule has 1 aromatic heterocycles. The molecule has 0 unspecified atom stereocenters. The maximum absolute atomic E-state index is 5.59. The molecule has 20 heavy (non-hydrogen) atoms. The monoisotopic (exact) mass is 270 g/mol. The quantitative estimate of drug-likeness (QED) is 0.927. The van der Waals surface area contributed by atoms with Crippen LogP contribution in [0.5, 0.6) is 11.5 Å². The number of aryl methyl sites for hydroxylation is 1. The van der Waals surface area contributed by atoms with Gasteiger partial charge in [-0.2, -0.15) is 0 Å². The van der Waals surface area contributed by atoms with Crippen molar-refractivity contribution in [2.24, 2.45) is 0 Å². The zero-order valence-electron chi connectivity index (χ0n) is 11.6. The van der Waals surface area contributed by atoms with Gasteiger partial charge in [-0.05, 0) is 48.7 Å². The average molecular weight is 270 g/mol. The molecular weight excluding hydrogens is 252 g/mol. The van der Waals surface area contributed by atoms with Crippen molar-refractivity contribution < 1.29 is 9.47 Å². The van der Waals surface area contributed by atoms with Crippen LogP contribution in [0.1, 0.15) is 11.1 Å². The summed E-state index contributed by atoms with van der Waals surface area (Å²) < 4.78 is 11.1. The van der Waals surface area contributed by atoms with Crippen molar-refractivity contribution in [1.82, 2.24) is 4.98 Å². The first kappa shape index (κ1) is 12.8. The highest BCUT2D eigenvalue weighted by molar-refractivity contribution is 5.44. The maximum Gasteiger partial charge on any atom is 0.161 e. The Bertz CT molecular complexity index is 599. The zero-order valence-corrected chi connectivity index (χ0v) is 11.6. The molecule has 0 spiro atoms. The van der Waals surface area contributed by atoms with Gasteiger partial charge in [0.1, 0.15) is 19.0 Å². The number of nitrogens with zero attached hydrogens (tertiary/aromatic N) is 1. The van der Waals surface area contributed by atoms with E-state index < -0.39 is 0 Å². The van der Waals surface area contributed by atoms with Crippen molar-refractivity contribution in [3.8, 4) is 11.5 Å². The molecule has 1 N–H and O–H groups in total. The van der Waals surface area contributed by atoms with Crippen molar-refractivity contribution in [2.45, 2.75) is 13.3 Å². The molecule has 0 amide bonds. The van der Waals surface area contributed by atoms with Crippen LogP contribution in [0.25, 0.3) is 0 Å². The first-order chi connectivity index (χ1) is 9.81. The van der Waals surface area contributed by atoms with Gasteiger partial charge in [-0.25, -0.2) is 4.98 Å². The van der Waals surface area contributed by atoms with Gasteiger partial charge >= 0.3 is 0 Å². The van der Waals surface area contributed by atoms with Gasteiger partial charge in [-0.3, -0.25) is 0 Å². The molecular formula is C16H18N2O2. The predicted molar refractivity (Wildman–Crippen MR) is 78.6 cm³/mol. The van der Waals surface area contributed by atoms with Crippen LogP contribution in [0.15, 0.2) is 36.5 Å². The zero-order chi connectivity index (χ0) is 13.8. The molecule has 4 heteroatoms. The summed E-state index contributed by atoms with van der Waals surface area (Å²) in [7, 11) is 0. The van der Waals surface area contributed by atoms with E-state index in [0.717, 1.165) is 30.3 Å². The van der Waals surface area contributed by atoms with Crippen LogP contribution in [-0.2, 0) is 6.42 Å². The van der Waals surface area contributed by atoms with Crippen LogP contribution < -0.4 is 14.8 Å². The van der Waals surface area contributed by atoms with Crippen LogP contribution in [-0.4, -0.2) is 24.7 Å². The van der Waals surface area contributed by atoms with Gasteiger partial charge in [0.15, 0.2) is 11.5 Å². The summed E-state index contributed by atoms with van der Waals surface area (Å²) in [5, 5.41) is 3.33. The summed E-state index contributed by atoms with van der Waals surface area (Å²) in [6.07, 6.45) is 2.74. The maximum atomic E-state index is 5.59. The Hall–Kier alpha value is -2.23. The molecule has 1 aliphatic rings. The lowest BCUT2D eigenvalue weighted by Crippen LogP contribution is -2.15. The highest BCUT2D eigenvalue weighted by Gasteiger charge is 2.11. The number of hydrogen-bond acceptors (Lipinski definition) is 4. The summed E-state index contributed by atoms with van der Waals surface area (Å²) in [6.45, 7) is 4.17. The van der Waals surface area contributed by atoms with Crippen molar-refractivity contribution in [3.63, 3.8) is 0 Å². The minimum Gasteiger partial charge on any atom is -0.486 e. The SMILES string of the molecule is Cc1ccnc(NCCc2ccc3c(c2)OCCO3)c1. The van der Waals surface area contributed by atoms with Crippen molar-refractivity contribution in [3.05, 3.63) is 47.7 Å². The second-order valence-corrected chi connectivity index (χ2v) is 4.87. The van der Waals surface area contributed by atoms with Gasteiger partial charge in [0.2, 0.25) is 0 Å². The number of rotatable bonds is 4. The Balaban J connectivity index is 1.58. The molecule has 0 aliphatic carbocycles. The molecule has 1 aliphatic heterocycles. The van der Waals surface area contributed by atoms with E-state index in [1.54, 1.807) is 0 Å². The van der Waals surface area contributed by atoms with Crippen molar-refractivity contribution in [2.75, 3.05) is 25.1 Å². The number of anilines is 1. The Labute approximate surface area is 118 Å². The van der Waals surface area contributed by atoms with Crippen LogP contribution >= 0.6 is 0 Å². The number of nitrogens with one attached hydrogen (secondary N) is 1. The molecule has 0 fully saturated rings. The van der Waals surface area contributed by atoms with Gasteiger partial charge in [-0.15, -0.1) is 0 Å². The summed E-state index contributed by atoms with van der Waals surface area (Å²) in [5.74, 6) is 2.61. The van der Waals surface area contributed by atoms with Crippen LogP contribution in [0.4, 0.5) is 5.82 Å². The molecule has 2 heterocycles. The van der Waals surface area contributed by atoms with Crippen LogP contribution in [0.2, 0.25) is 0 Å². The number of benzene rings is 1. The molecule has 104 valence electrons. The molecule has 3 rings (SSSR count). The van der Waals surface area contributed by atoms with Crippen LogP contribution in [0.3, 0.4) is 0 Å². The number of aromatic nitrogens is 1. The Kier molecular flexibility index (Phi) is 3.72. The number of ether oxygens (including phenoxy) is 2. The van der Waals surface area contributed by atoms with E-state index in [0.29, 0.717) is 13.2 Å². The molecule has 2 aromatic rings. The van der Waals surface area contributed by atoms with Gasteiger partial charge in [0.25, 0.3) is 0 Å². The smallest absolute Gasteiger partial charge is 0.161 e. The second kappa shape index (κ2) is 5.82. The summed E-state index contributed by atoms with van der Waals surface area (Å²) in [5.41, 5.74) is 2.44. The van der Waals surface area contributed by atoms with Crippen molar-refractivity contribution >= 4 is 5.82 Å². The van der Waals surface area contributed by atoms with Gasteiger partial charge in [-0.1, -0.05) is 6.07 Å². The normalized spacial score (nSPS) is 13.1. The molecule has 0 atom stereocenters. The third kappa shape index (κ3) is 3.02. The van der Waals surface area contributed by atoms with E-state index >= 15 is 0 Å². The molecule has 0 saturated carbocycles. The third-order valence-electron chi connectivity index (χ3n) is 3.24. The van der Waals surface area contributed by atoms with E-state index in [9.17, 15) is 0 Å². The topological polar surface area (TPSA) is 43.4 Å². The summed E-state index contributed by atoms with van der Waals surface area (Å²) in [6, 6.07) is 10.2. The van der Waals surface area contributed by atoms with Gasteiger partial charge < -0.3 is 14.8 Å². The Morgan fingerprint density at radius 3 is 2.80 bits per heavy atom. The largest absolute Gasteiger partial charge is 0.486 e. The highest BCUT2D eigenvalue weighted by Crippen LogP contribution is 2.30. The minimum atomic E-state index is 0.627. The highest BCUT2D eigenvalue weighted by atomic mass is 16.6. The fourth-order valence-corrected chi connectivity index (χ4v) is 2.21. The number of hydrogen-bond donors (Lipinski definition) is 1. The standard InChI is InChI=1S/C16H18N2O2/c1-12-4-6-17-16(10-12)18-7-5-13-2-3-14-15(11-13)20-9-8-19-14/h2-4,6,10-11H,5,7-9H2,1H3,(H,17,18). The minimum absolute atomic E-state index is 0.627. The predicted octanol–water partition coefficient (Wildman–Crippen LogP) is 2.82. The Morgan fingerprint density at radius 1 is 1.10 bits per heavy atom. The fourth-order valence-electron chi connectivity index (χ4n) is 2.21. The molecule has 1 aromatic carbocycles. The molecule has 4 nitrogen and oxygen atoms in total. The van der Waals surface area contributed by atoms with Gasteiger partial charge in [0.05, 0.1) is 0 Å². The first-order valence-electron chi connectivity index (χ1n) is 6.86. The third-order valence-corrected chi connectivity index (χ3v) is 3.24. The summed E-state index contributed by atoms with van der Waals surface area (Å²) >= 11 is 0. The second-order valence-electron chi connectivity index (χ2n) is 4.87. The van der Waals surface area contributed by atoms with E-state index in [4.69, 9.17) is 9.47 Å². The molecule has 0 bridgehead atoms. The lowest BCUT2D eigenvalue weighted by Gasteiger charge is -2.18. The average Bonchev–Trinajstić information content (AvgIpc) is 2.47.